The maximum atomic E-state index is 5.85. The van der Waals surface area contributed by atoms with Gasteiger partial charge in [0.15, 0.2) is 5.96 Å². The van der Waals surface area contributed by atoms with Gasteiger partial charge in [-0.25, -0.2) is 0 Å². The van der Waals surface area contributed by atoms with Gasteiger partial charge in [-0.1, -0.05) is 37.3 Å². The molecule has 3 heteroatoms. The van der Waals surface area contributed by atoms with Crippen LogP contribution in [0.2, 0.25) is 0 Å². The van der Waals surface area contributed by atoms with Crippen molar-refractivity contribution in [3.05, 3.63) is 35.9 Å². The number of benzene rings is 1. The van der Waals surface area contributed by atoms with Crippen LogP contribution >= 0.6 is 0 Å². The second-order valence-corrected chi connectivity index (χ2v) is 5.80. The molecule has 0 amide bonds. The first-order valence-electron chi connectivity index (χ1n) is 6.65. The Balaban J connectivity index is 1.94. The summed E-state index contributed by atoms with van der Waals surface area (Å²) < 4.78 is 0. The third-order valence-corrected chi connectivity index (χ3v) is 3.60. The zero-order valence-electron chi connectivity index (χ0n) is 11.5. The molecule has 0 spiro atoms. The third kappa shape index (κ3) is 2.84. The highest BCUT2D eigenvalue weighted by molar-refractivity contribution is 5.78. The molecular formula is C15H23N3. The Labute approximate surface area is 109 Å². The molecule has 3 nitrogen and oxygen atoms in total. The van der Waals surface area contributed by atoms with E-state index in [1.807, 2.05) is 0 Å². The first-order chi connectivity index (χ1) is 8.49. The summed E-state index contributed by atoms with van der Waals surface area (Å²) in [5.41, 5.74) is 7.53. The van der Waals surface area contributed by atoms with E-state index < -0.39 is 0 Å². The number of hydrogen-bond donors (Lipinski definition) is 2. The summed E-state index contributed by atoms with van der Waals surface area (Å²) in [7, 11) is 0. The van der Waals surface area contributed by atoms with E-state index in [9.17, 15) is 0 Å². The molecule has 0 aromatic heterocycles. The minimum absolute atomic E-state index is 0.271. The highest BCUT2D eigenvalue weighted by Gasteiger charge is 2.41. The van der Waals surface area contributed by atoms with Crippen LogP contribution < -0.4 is 11.1 Å². The number of rotatable bonds is 3. The summed E-state index contributed by atoms with van der Waals surface area (Å²) in [6, 6.07) is 11.4. The van der Waals surface area contributed by atoms with Crippen molar-refractivity contribution in [2.24, 2.45) is 10.7 Å². The summed E-state index contributed by atoms with van der Waals surface area (Å²) in [6.45, 7) is 6.44. The molecular weight excluding hydrogens is 222 g/mol. The fourth-order valence-electron chi connectivity index (χ4n) is 2.68. The molecule has 1 saturated carbocycles. The molecule has 0 aliphatic heterocycles. The molecule has 1 aromatic rings. The van der Waals surface area contributed by atoms with Crippen LogP contribution in [-0.4, -0.2) is 18.0 Å². The average molecular weight is 245 g/mol. The lowest BCUT2D eigenvalue weighted by molar-refractivity contribution is 0.228. The van der Waals surface area contributed by atoms with Gasteiger partial charge in [0.25, 0.3) is 0 Å². The molecule has 2 rings (SSSR count). The van der Waals surface area contributed by atoms with E-state index in [0.717, 1.165) is 12.8 Å². The van der Waals surface area contributed by atoms with Crippen molar-refractivity contribution in [2.75, 3.05) is 0 Å². The van der Waals surface area contributed by atoms with Crippen LogP contribution in [0.15, 0.2) is 35.3 Å². The molecule has 3 N–H and O–H groups in total. The van der Waals surface area contributed by atoms with Crippen molar-refractivity contribution < 1.29 is 0 Å². The summed E-state index contributed by atoms with van der Waals surface area (Å²) >= 11 is 0. The number of nitrogens with one attached hydrogen (secondary N) is 1. The molecule has 0 radical (unpaired) electrons. The largest absolute Gasteiger partial charge is 0.370 e. The first-order valence-corrected chi connectivity index (χ1v) is 6.65. The quantitative estimate of drug-likeness (QED) is 0.634. The molecule has 18 heavy (non-hydrogen) atoms. The van der Waals surface area contributed by atoms with Crippen LogP contribution in [0.1, 0.15) is 39.2 Å². The first kappa shape index (κ1) is 12.9. The number of nitrogens with zero attached hydrogens (tertiary/aromatic N) is 1. The van der Waals surface area contributed by atoms with Crippen molar-refractivity contribution in [1.82, 2.24) is 5.32 Å². The van der Waals surface area contributed by atoms with Gasteiger partial charge in [-0.2, -0.15) is 0 Å². The van der Waals surface area contributed by atoms with Gasteiger partial charge in [-0.15, -0.1) is 0 Å². The highest BCUT2D eigenvalue weighted by atomic mass is 15.1. The lowest BCUT2D eigenvalue weighted by Crippen LogP contribution is -2.44. The zero-order chi connectivity index (χ0) is 13.2. The van der Waals surface area contributed by atoms with Crippen LogP contribution in [0.25, 0.3) is 0 Å². The molecule has 1 aromatic carbocycles. The second-order valence-electron chi connectivity index (χ2n) is 5.80. The van der Waals surface area contributed by atoms with E-state index in [-0.39, 0.29) is 5.41 Å². The zero-order valence-corrected chi connectivity index (χ0v) is 11.5. The number of guanidine groups is 1. The molecule has 0 unspecified atom stereocenters. The van der Waals surface area contributed by atoms with E-state index in [4.69, 9.17) is 5.73 Å². The minimum Gasteiger partial charge on any atom is -0.370 e. The number of nitrogens with two attached hydrogens (primary N) is 1. The Morgan fingerprint density at radius 2 is 1.94 bits per heavy atom. The van der Waals surface area contributed by atoms with Crippen LogP contribution in [0.4, 0.5) is 0 Å². The summed E-state index contributed by atoms with van der Waals surface area (Å²) in [6.07, 6.45) is 2.16. The molecule has 0 bridgehead atoms. The number of aliphatic imine (C=N–C) groups is 1. The minimum atomic E-state index is 0.271. The molecule has 98 valence electrons. The Hall–Kier alpha value is -1.51. The van der Waals surface area contributed by atoms with E-state index in [2.05, 4.69) is 61.4 Å². The fourth-order valence-corrected chi connectivity index (χ4v) is 2.68. The summed E-state index contributed by atoms with van der Waals surface area (Å²) in [5.74, 6) is 0.574. The Morgan fingerprint density at radius 1 is 1.33 bits per heavy atom. The summed E-state index contributed by atoms with van der Waals surface area (Å²) in [4.78, 5) is 4.53. The molecule has 0 heterocycles. The Bertz CT molecular complexity index is 417. The van der Waals surface area contributed by atoms with Crippen molar-refractivity contribution in [3.63, 3.8) is 0 Å². The van der Waals surface area contributed by atoms with Gasteiger partial charge < -0.3 is 11.1 Å². The van der Waals surface area contributed by atoms with Gasteiger partial charge in [-0.05, 0) is 37.7 Å². The van der Waals surface area contributed by atoms with Crippen LogP contribution in [-0.2, 0) is 5.41 Å². The average Bonchev–Trinajstić information content (AvgIpc) is 2.27. The maximum Gasteiger partial charge on any atom is 0.189 e. The molecule has 1 aliphatic rings. The second kappa shape index (κ2) is 5.01. The number of hydrogen-bond acceptors (Lipinski definition) is 1. The molecule has 0 atom stereocenters. The van der Waals surface area contributed by atoms with Crippen molar-refractivity contribution in [2.45, 2.75) is 51.1 Å². The van der Waals surface area contributed by atoms with E-state index in [1.54, 1.807) is 0 Å². The van der Waals surface area contributed by atoms with Crippen molar-refractivity contribution >= 4 is 5.96 Å². The fraction of sp³-hybridized carbons (Fsp3) is 0.533. The third-order valence-electron chi connectivity index (χ3n) is 3.60. The lowest BCUT2D eigenvalue weighted by atomic mass is 9.63. The molecule has 1 aliphatic carbocycles. The predicted molar refractivity (Wildman–Crippen MR) is 76.7 cm³/mol. The molecule has 1 fully saturated rings. The van der Waals surface area contributed by atoms with Crippen LogP contribution in [0.3, 0.4) is 0 Å². The van der Waals surface area contributed by atoms with E-state index >= 15 is 0 Å². The van der Waals surface area contributed by atoms with Crippen LogP contribution in [0.5, 0.6) is 0 Å². The van der Waals surface area contributed by atoms with Gasteiger partial charge in [0, 0.05) is 6.04 Å². The highest BCUT2D eigenvalue weighted by Crippen LogP contribution is 2.44. The van der Waals surface area contributed by atoms with E-state index in [0.29, 0.717) is 18.0 Å². The van der Waals surface area contributed by atoms with Crippen LogP contribution in [0, 0.1) is 0 Å². The van der Waals surface area contributed by atoms with E-state index in [1.165, 1.54) is 5.56 Å². The monoisotopic (exact) mass is 245 g/mol. The summed E-state index contributed by atoms with van der Waals surface area (Å²) in [5, 5.41) is 3.14. The van der Waals surface area contributed by atoms with Gasteiger partial charge in [0.2, 0.25) is 0 Å². The lowest BCUT2D eigenvalue weighted by Gasteiger charge is -2.44. The van der Waals surface area contributed by atoms with Gasteiger partial charge >= 0.3 is 0 Å². The van der Waals surface area contributed by atoms with Gasteiger partial charge in [-0.3, -0.25) is 4.99 Å². The van der Waals surface area contributed by atoms with Gasteiger partial charge in [0.05, 0.1) is 6.04 Å². The van der Waals surface area contributed by atoms with Crippen molar-refractivity contribution in [1.29, 1.82) is 0 Å². The van der Waals surface area contributed by atoms with Gasteiger partial charge in [0.1, 0.15) is 0 Å². The topological polar surface area (TPSA) is 50.4 Å². The predicted octanol–water partition coefficient (Wildman–Crippen LogP) is 2.42. The smallest absolute Gasteiger partial charge is 0.189 e. The normalized spacial score (nSPS) is 28.0. The standard InChI is InChI=1S/C15H23N3/c1-11(2)17-14(16)18-13-9-15(3,10-13)12-7-5-4-6-8-12/h4-8,11,13H,9-10H2,1-3H3,(H3,16,17,18). The van der Waals surface area contributed by atoms with Crippen molar-refractivity contribution in [3.8, 4) is 0 Å². The molecule has 0 saturated heterocycles. The maximum absolute atomic E-state index is 5.85. The Kier molecular flexibility index (Phi) is 3.60. The SMILES string of the molecule is CC(C)NC(N)=NC1CC(C)(c2ccccc2)C1. The Morgan fingerprint density at radius 3 is 2.50 bits per heavy atom.